The van der Waals surface area contributed by atoms with Crippen molar-refractivity contribution < 1.29 is 14.1 Å². The third-order valence-corrected chi connectivity index (χ3v) is 3.99. The van der Waals surface area contributed by atoms with Gasteiger partial charge in [-0.25, -0.2) is 0 Å². The predicted octanol–water partition coefficient (Wildman–Crippen LogP) is 3.36. The highest BCUT2D eigenvalue weighted by Gasteiger charge is 2.12. The summed E-state index contributed by atoms with van der Waals surface area (Å²) in [6.45, 7) is 7.09. The molecule has 0 N–H and O–H groups in total. The molecule has 0 aliphatic carbocycles. The maximum Gasteiger partial charge on any atom is 0.226 e. The molecule has 6 nitrogen and oxygen atoms in total. The van der Waals surface area contributed by atoms with Crippen LogP contribution < -0.4 is 4.74 Å². The topological polar surface area (TPSA) is 68.5 Å². The number of likely N-dealkylation sites (N-methyl/N-ethyl adjacent to an activating group) is 1. The molecule has 0 unspecified atom stereocenters. The highest BCUT2D eigenvalue weighted by Crippen LogP contribution is 2.16. The Balaban J connectivity index is 1.66. The minimum absolute atomic E-state index is 0.0944. The lowest BCUT2D eigenvalue weighted by Gasteiger charge is -2.17. The number of carbonyl (C=O) groups excluding carboxylic acids is 1. The zero-order valence-corrected chi connectivity index (χ0v) is 15.5. The summed E-state index contributed by atoms with van der Waals surface area (Å²) in [5.74, 6) is 2.52. The number of amides is 1. The van der Waals surface area contributed by atoms with E-state index in [1.54, 1.807) is 11.9 Å². The van der Waals surface area contributed by atoms with Crippen molar-refractivity contribution in [2.24, 2.45) is 0 Å². The normalized spacial score (nSPS) is 10.9. The van der Waals surface area contributed by atoms with Crippen molar-refractivity contribution in [2.75, 3.05) is 20.2 Å². The number of hydrogen-bond acceptors (Lipinski definition) is 5. The van der Waals surface area contributed by atoms with E-state index in [4.69, 9.17) is 9.26 Å². The molecule has 2 aromatic rings. The molecule has 0 radical (unpaired) electrons. The lowest BCUT2D eigenvalue weighted by atomic mass is 10.2. The summed E-state index contributed by atoms with van der Waals surface area (Å²) in [5.41, 5.74) is 1.09. The Bertz CT molecular complexity index is 682. The summed E-state index contributed by atoms with van der Waals surface area (Å²) in [5, 5.41) is 3.93. The summed E-state index contributed by atoms with van der Waals surface area (Å²) >= 11 is 0. The van der Waals surface area contributed by atoms with Crippen molar-refractivity contribution >= 4 is 5.91 Å². The van der Waals surface area contributed by atoms with Gasteiger partial charge in [-0.2, -0.15) is 4.98 Å². The molecule has 1 heterocycles. The molecule has 136 valence electrons. The van der Waals surface area contributed by atoms with Crippen LogP contribution in [0.15, 0.2) is 28.8 Å². The molecule has 0 fully saturated rings. The second-order valence-corrected chi connectivity index (χ2v) is 6.48. The van der Waals surface area contributed by atoms with E-state index in [1.807, 2.05) is 45.0 Å². The Hall–Kier alpha value is -2.37. The molecule has 0 saturated heterocycles. The van der Waals surface area contributed by atoms with Gasteiger partial charge in [0.1, 0.15) is 12.4 Å². The van der Waals surface area contributed by atoms with Crippen molar-refractivity contribution in [3.8, 4) is 5.75 Å². The fourth-order valence-corrected chi connectivity index (χ4v) is 2.32. The van der Waals surface area contributed by atoms with Crippen LogP contribution in [-0.2, 0) is 11.2 Å². The molecule has 2 rings (SSSR count). The molecule has 6 heteroatoms. The zero-order valence-electron chi connectivity index (χ0n) is 15.5. The van der Waals surface area contributed by atoms with Crippen LogP contribution in [0.4, 0.5) is 0 Å². The van der Waals surface area contributed by atoms with E-state index >= 15 is 0 Å². The smallest absolute Gasteiger partial charge is 0.226 e. The Morgan fingerprint density at radius 1 is 1.32 bits per heavy atom. The van der Waals surface area contributed by atoms with Gasteiger partial charge in [0.2, 0.25) is 11.8 Å². The van der Waals surface area contributed by atoms with E-state index < -0.39 is 0 Å². The summed E-state index contributed by atoms with van der Waals surface area (Å²) in [4.78, 5) is 18.2. The van der Waals surface area contributed by atoms with Gasteiger partial charge in [0.25, 0.3) is 0 Å². The molecule has 0 saturated carbocycles. The fraction of sp³-hybridized carbons (Fsp3) is 0.526. The molecule has 0 aliphatic heterocycles. The van der Waals surface area contributed by atoms with E-state index in [0.717, 1.165) is 11.3 Å². The second kappa shape index (κ2) is 9.20. The third-order valence-electron chi connectivity index (χ3n) is 3.99. The van der Waals surface area contributed by atoms with Gasteiger partial charge in [-0.3, -0.25) is 4.79 Å². The number of para-hydroxylation sites is 1. The Morgan fingerprint density at radius 3 is 2.76 bits per heavy atom. The van der Waals surface area contributed by atoms with E-state index in [-0.39, 0.29) is 11.8 Å². The van der Waals surface area contributed by atoms with Crippen molar-refractivity contribution in [1.82, 2.24) is 15.0 Å². The van der Waals surface area contributed by atoms with Gasteiger partial charge in [-0.05, 0) is 25.0 Å². The van der Waals surface area contributed by atoms with Gasteiger partial charge in [0, 0.05) is 25.8 Å². The van der Waals surface area contributed by atoms with Crippen LogP contribution in [0.1, 0.15) is 49.9 Å². The van der Waals surface area contributed by atoms with Gasteiger partial charge >= 0.3 is 0 Å². The lowest BCUT2D eigenvalue weighted by molar-refractivity contribution is -0.130. The molecular weight excluding hydrogens is 318 g/mol. The first kappa shape index (κ1) is 19.0. The number of hydrogen-bond donors (Lipinski definition) is 0. The van der Waals surface area contributed by atoms with E-state index in [9.17, 15) is 4.79 Å². The summed E-state index contributed by atoms with van der Waals surface area (Å²) in [7, 11) is 1.80. The average molecular weight is 345 g/mol. The lowest BCUT2D eigenvalue weighted by Crippen LogP contribution is -2.30. The Labute approximate surface area is 149 Å². The van der Waals surface area contributed by atoms with Crippen LogP contribution in [0.2, 0.25) is 0 Å². The maximum absolute atomic E-state index is 12.2. The largest absolute Gasteiger partial charge is 0.491 e. The number of ether oxygens (including phenoxy) is 1. The van der Waals surface area contributed by atoms with Crippen LogP contribution in [-0.4, -0.2) is 41.1 Å². The number of carbonyl (C=O) groups is 1. The first-order valence-corrected chi connectivity index (χ1v) is 8.72. The quantitative estimate of drug-likeness (QED) is 0.697. The first-order valence-electron chi connectivity index (χ1n) is 8.72. The molecule has 1 aromatic carbocycles. The number of rotatable bonds is 9. The van der Waals surface area contributed by atoms with Crippen molar-refractivity contribution in [1.29, 1.82) is 0 Å². The second-order valence-electron chi connectivity index (χ2n) is 6.48. The third kappa shape index (κ3) is 5.89. The number of aryl methyl sites for hydroxylation is 2. The monoisotopic (exact) mass is 345 g/mol. The average Bonchev–Trinajstić information content (AvgIpc) is 3.05. The fourth-order valence-electron chi connectivity index (χ4n) is 2.32. The van der Waals surface area contributed by atoms with Crippen molar-refractivity contribution in [3.05, 3.63) is 41.5 Å². The number of nitrogens with zero attached hydrogens (tertiary/aromatic N) is 3. The Kier molecular flexibility index (Phi) is 6.98. The van der Waals surface area contributed by atoms with Crippen LogP contribution >= 0.6 is 0 Å². The van der Waals surface area contributed by atoms with Gasteiger partial charge in [0.15, 0.2) is 5.82 Å². The van der Waals surface area contributed by atoms with Gasteiger partial charge in [-0.15, -0.1) is 0 Å². The standard InChI is InChI=1S/C19H27N3O3/c1-14(2)19-20-17(25-21-19)10-7-11-18(23)22(4)12-13-24-16-9-6-5-8-15(16)3/h5-6,8-9,14H,7,10-13H2,1-4H3. The number of benzene rings is 1. The highest BCUT2D eigenvalue weighted by atomic mass is 16.5. The van der Waals surface area contributed by atoms with Crippen LogP contribution in [0, 0.1) is 6.92 Å². The summed E-state index contributed by atoms with van der Waals surface area (Å²) < 4.78 is 10.9. The van der Waals surface area contributed by atoms with Crippen LogP contribution in [0.5, 0.6) is 5.75 Å². The highest BCUT2D eigenvalue weighted by molar-refractivity contribution is 5.75. The number of aromatic nitrogens is 2. The first-order chi connectivity index (χ1) is 12.0. The molecule has 0 bridgehead atoms. The van der Waals surface area contributed by atoms with E-state index in [2.05, 4.69) is 10.1 Å². The summed E-state index contributed by atoms with van der Waals surface area (Å²) in [6, 6.07) is 7.87. The predicted molar refractivity (Wildman–Crippen MR) is 95.6 cm³/mol. The van der Waals surface area contributed by atoms with Gasteiger partial charge in [0.05, 0.1) is 6.54 Å². The van der Waals surface area contributed by atoms with Gasteiger partial charge < -0.3 is 14.2 Å². The molecule has 1 aromatic heterocycles. The molecule has 0 aliphatic rings. The minimum atomic E-state index is 0.0944. The van der Waals surface area contributed by atoms with Crippen LogP contribution in [0.25, 0.3) is 0 Å². The minimum Gasteiger partial charge on any atom is -0.491 e. The molecular formula is C19H27N3O3. The maximum atomic E-state index is 12.2. The van der Waals surface area contributed by atoms with E-state index in [0.29, 0.717) is 44.1 Å². The van der Waals surface area contributed by atoms with Crippen molar-refractivity contribution in [2.45, 2.75) is 46.0 Å². The Morgan fingerprint density at radius 2 is 2.08 bits per heavy atom. The van der Waals surface area contributed by atoms with Crippen molar-refractivity contribution in [3.63, 3.8) is 0 Å². The molecule has 25 heavy (non-hydrogen) atoms. The van der Waals surface area contributed by atoms with E-state index in [1.165, 1.54) is 0 Å². The summed E-state index contributed by atoms with van der Waals surface area (Å²) in [6.07, 6.45) is 1.78. The molecule has 0 atom stereocenters. The SMILES string of the molecule is Cc1ccccc1OCCN(C)C(=O)CCCc1nc(C(C)C)no1. The van der Waals surface area contributed by atoms with Crippen LogP contribution in [0.3, 0.4) is 0 Å². The van der Waals surface area contributed by atoms with Gasteiger partial charge in [-0.1, -0.05) is 37.2 Å². The zero-order chi connectivity index (χ0) is 18.2. The molecule has 0 spiro atoms. The molecule has 1 amide bonds.